The maximum absolute atomic E-state index is 12.2. The first-order valence-corrected chi connectivity index (χ1v) is 11.1. The second kappa shape index (κ2) is 9.72. The molecule has 0 radical (unpaired) electrons. The van der Waals surface area contributed by atoms with Gasteiger partial charge in [-0.3, -0.25) is 9.48 Å². The van der Waals surface area contributed by atoms with Gasteiger partial charge < -0.3 is 9.80 Å². The second-order valence-electron chi connectivity index (χ2n) is 8.98. The zero-order chi connectivity index (χ0) is 19.2. The highest BCUT2D eigenvalue weighted by Gasteiger charge is 2.27. The standard InChI is InChI=1S/C22H38N4O/c1-4-11-26-21(5-10-23-26)20-8-12-24(13-9-20)17-19-6-14-25(15-7-19)22(27)16-18(2)3/h5,10,18-20H,4,6-9,11-17H2,1-3H3. The third-order valence-corrected chi connectivity index (χ3v) is 6.26. The van der Waals surface area contributed by atoms with Crippen molar-refractivity contribution in [2.75, 3.05) is 32.7 Å². The first kappa shape index (κ1) is 20.4. The summed E-state index contributed by atoms with van der Waals surface area (Å²) in [4.78, 5) is 17.0. The second-order valence-corrected chi connectivity index (χ2v) is 8.98. The van der Waals surface area contributed by atoms with Gasteiger partial charge in [0.2, 0.25) is 5.91 Å². The van der Waals surface area contributed by atoms with Crippen molar-refractivity contribution in [2.24, 2.45) is 11.8 Å². The van der Waals surface area contributed by atoms with Gasteiger partial charge in [0.1, 0.15) is 0 Å². The number of nitrogens with zero attached hydrogens (tertiary/aromatic N) is 4. The summed E-state index contributed by atoms with van der Waals surface area (Å²) in [6.07, 6.45) is 8.66. The average molecular weight is 375 g/mol. The molecule has 0 aliphatic carbocycles. The fraction of sp³-hybridized carbons (Fsp3) is 0.818. The Hall–Kier alpha value is -1.36. The van der Waals surface area contributed by atoms with Gasteiger partial charge in [-0.1, -0.05) is 20.8 Å². The van der Waals surface area contributed by atoms with E-state index >= 15 is 0 Å². The number of rotatable bonds is 7. The number of carbonyl (C=O) groups excluding carboxylic acids is 1. The molecule has 5 heteroatoms. The third kappa shape index (κ3) is 5.56. The van der Waals surface area contributed by atoms with E-state index in [-0.39, 0.29) is 0 Å². The van der Waals surface area contributed by atoms with Crippen LogP contribution in [0, 0.1) is 11.8 Å². The lowest BCUT2D eigenvalue weighted by atomic mass is 9.91. The minimum absolute atomic E-state index is 0.355. The van der Waals surface area contributed by atoms with E-state index in [2.05, 4.69) is 46.4 Å². The van der Waals surface area contributed by atoms with Crippen LogP contribution in [-0.2, 0) is 11.3 Å². The first-order chi connectivity index (χ1) is 13.1. The maximum Gasteiger partial charge on any atom is 0.222 e. The molecule has 0 bridgehead atoms. The molecule has 27 heavy (non-hydrogen) atoms. The molecule has 1 aromatic rings. The molecule has 2 saturated heterocycles. The normalized spacial score (nSPS) is 20.5. The Morgan fingerprint density at radius 3 is 2.48 bits per heavy atom. The molecule has 0 atom stereocenters. The number of hydrogen-bond acceptors (Lipinski definition) is 3. The Morgan fingerprint density at radius 1 is 1.15 bits per heavy atom. The molecule has 0 N–H and O–H groups in total. The van der Waals surface area contributed by atoms with Crippen molar-refractivity contribution in [3.63, 3.8) is 0 Å². The summed E-state index contributed by atoms with van der Waals surface area (Å²) in [5.74, 6) is 2.25. The van der Waals surface area contributed by atoms with Crippen LogP contribution in [0.2, 0.25) is 0 Å². The molecule has 3 rings (SSSR count). The molecular formula is C22H38N4O. The number of aryl methyl sites for hydroxylation is 1. The monoisotopic (exact) mass is 374 g/mol. The number of amides is 1. The average Bonchev–Trinajstić information content (AvgIpc) is 3.11. The molecule has 0 saturated carbocycles. The summed E-state index contributed by atoms with van der Waals surface area (Å²) < 4.78 is 2.21. The highest BCUT2D eigenvalue weighted by atomic mass is 16.2. The number of piperidine rings is 2. The molecule has 2 fully saturated rings. The Bertz CT molecular complexity index is 581. The lowest BCUT2D eigenvalue weighted by Crippen LogP contribution is -2.43. The zero-order valence-corrected chi connectivity index (χ0v) is 17.6. The summed E-state index contributed by atoms with van der Waals surface area (Å²) in [6.45, 7) is 13.1. The minimum atomic E-state index is 0.355. The van der Waals surface area contributed by atoms with E-state index in [0.717, 1.165) is 32.0 Å². The van der Waals surface area contributed by atoms with Crippen molar-refractivity contribution in [1.82, 2.24) is 19.6 Å². The Balaban J connectivity index is 1.40. The predicted octanol–water partition coefficient (Wildman–Crippen LogP) is 3.76. The van der Waals surface area contributed by atoms with Crippen LogP contribution in [0.5, 0.6) is 0 Å². The lowest BCUT2D eigenvalue weighted by Gasteiger charge is -2.38. The zero-order valence-electron chi connectivity index (χ0n) is 17.6. The highest BCUT2D eigenvalue weighted by molar-refractivity contribution is 5.76. The molecule has 0 aromatic carbocycles. The van der Waals surface area contributed by atoms with Gasteiger partial charge in [0, 0.05) is 50.4 Å². The van der Waals surface area contributed by atoms with Crippen LogP contribution < -0.4 is 0 Å². The van der Waals surface area contributed by atoms with Gasteiger partial charge in [0.25, 0.3) is 0 Å². The lowest BCUT2D eigenvalue weighted by molar-refractivity contribution is -0.133. The van der Waals surface area contributed by atoms with Crippen LogP contribution in [0.4, 0.5) is 0 Å². The largest absolute Gasteiger partial charge is 0.343 e. The van der Waals surface area contributed by atoms with E-state index in [4.69, 9.17) is 0 Å². The SMILES string of the molecule is CCCn1nccc1C1CCN(CC2CCN(C(=O)CC(C)C)CC2)CC1. The van der Waals surface area contributed by atoms with Crippen molar-refractivity contribution in [1.29, 1.82) is 0 Å². The van der Waals surface area contributed by atoms with Crippen LogP contribution in [0.1, 0.15) is 70.9 Å². The van der Waals surface area contributed by atoms with Crippen molar-refractivity contribution < 1.29 is 4.79 Å². The fourth-order valence-corrected chi connectivity index (χ4v) is 4.71. The van der Waals surface area contributed by atoms with Gasteiger partial charge in [0.05, 0.1) is 0 Å². The Kier molecular flexibility index (Phi) is 7.33. The summed E-state index contributed by atoms with van der Waals surface area (Å²) in [5.41, 5.74) is 1.44. The van der Waals surface area contributed by atoms with Crippen molar-refractivity contribution in [3.8, 4) is 0 Å². The number of carbonyl (C=O) groups is 1. The van der Waals surface area contributed by atoms with E-state index in [9.17, 15) is 4.79 Å². The minimum Gasteiger partial charge on any atom is -0.343 e. The van der Waals surface area contributed by atoms with Crippen molar-refractivity contribution in [2.45, 2.75) is 71.8 Å². The molecule has 3 heterocycles. The quantitative estimate of drug-likeness (QED) is 0.730. The topological polar surface area (TPSA) is 41.4 Å². The van der Waals surface area contributed by atoms with E-state index in [1.54, 1.807) is 0 Å². The summed E-state index contributed by atoms with van der Waals surface area (Å²) in [7, 11) is 0. The Morgan fingerprint density at radius 2 is 1.85 bits per heavy atom. The van der Waals surface area contributed by atoms with Gasteiger partial charge in [-0.2, -0.15) is 5.10 Å². The molecule has 0 unspecified atom stereocenters. The maximum atomic E-state index is 12.2. The van der Waals surface area contributed by atoms with E-state index < -0.39 is 0 Å². The summed E-state index contributed by atoms with van der Waals surface area (Å²) >= 11 is 0. The van der Waals surface area contributed by atoms with Crippen LogP contribution in [-0.4, -0.2) is 58.2 Å². The molecule has 2 aliphatic rings. The molecular weight excluding hydrogens is 336 g/mol. The van der Waals surface area contributed by atoms with E-state index in [1.807, 2.05) is 6.20 Å². The van der Waals surface area contributed by atoms with Gasteiger partial charge in [-0.05, 0) is 63.1 Å². The molecule has 1 aromatic heterocycles. The first-order valence-electron chi connectivity index (χ1n) is 11.1. The summed E-state index contributed by atoms with van der Waals surface area (Å²) in [5, 5.41) is 4.50. The molecule has 2 aliphatic heterocycles. The van der Waals surface area contributed by atoms with Crippen LogP contribution in [0.15, 0.2) is 12.3 Å². The van der Waals surface area contributed by atoms with Crippen molar-refractivity contribution >= 4 is 5.91 Å². The molecule has 0 spiro atoms. The number of hydrogen-bond donors (Lipinski definition) is 0. The highest BCUT2D eigenvalue weighted by Crippen LogP contribution is 2.29. The van der Waals surface area contributed by atoms with E-state index in [1.165, 1.54) is 51.0 Å². The van der Waals surface area contributed by atoms with Gasteiger partial charge >= 0.3 is 0 Å². The number of aromatic nitrogens is 2. The van der Waals surface area contributed by atoms with E-state index in [0.29, 0.717) is 24.2 Å². The summed E-state index contributed by atoms with van der Waals surface area (Å²) in [6, 6.07) is 2.22. The predicted molar refractivity (Wildman–Crippen MR) is 110 cm³/mol. The Labute approximate surface area is 165 Å². The van der Waals surface area contributed by atoms with Crippen LogP contribution >= 0.6 is 0 Å². The van der Waals surface area contributed by atoms with Crippen LogP contribution in [0.25, 0.3) is 0 Å². The fourth-order valence-electron chi connectivity index (χ4n) is 4.71. The van der Waals surface area contributed by atoms with Gasteiger partial charge in [-0.15, -0.1) is 0 Å². The van der Waals surface area contributed by atoms with Crippen LogP contribution in [0.3, 0.4) is 0 Å². The van der Waals surface area contributed by atoms with Crippen molar-refractivity contribution in [3.05, 3.63) is 18.0 Å². The molecule has 152 valence electrons. The molecule has 5 nitrogen and oxygen atoms in total. The van der Waals surface area contributed by atoms with Gasteiger partial charge in [0.15, 0.2) is 0 Å². The third-order valence-electron chi connectivity index (χ3n) is 6.26. The van der Waals surface area contributed by atoms with Gasteiger partial charge in [-0.25, -0.2) is 0 Å². The number of likely N-dealkylation sites (tertiary alicyclic amines) is 2. The molecule has 1 amide bonds. The smallest absolute Gasteiger partial charge is 0.222 e.